The number of aromatic nitrogens is 6. The van der Waals surface area contributed by atoms with Crippen LogP contribution in [0, 0.1) is 11.3 Å². The van der Waals surface area contributed by atoms with Crippen LogP contribution in [0.2, 0.25) is 0 Å². The number of thioether (sulfide) groups is 1. The Hall–Kier alpha value is -3.64. The Balaban J connectivity index is 1.47. The van der Waals surface area contributed by atoms with E-state index in [-0.39, 0.29) is 5.56 Å². The first-order chi connectivity index (χ1) is 13.2. The molecule has 3 aromatic heterocycles. The monoisotopic (exact) mass is 375 g/mol. The second kappa shape index (κ2) is 7.31. The molecule has 8 nitrogen and oxygen atoms in total. The fraction of sp³-hybridized carbons (Fsp3) is 0.0556. The Bertz CT molecular complexity index is 1210. The number of nitriles is 1. The van der Waals surface area contributed by atoms with Crippen molar-refractivity contribution in [1.29, 1.82) is 5.26 Å². The van der Waals surface area contributed by atoms with Gasteiger partial charge in [0, 0.05) is 18.0 Å². The molecule has 2 N–H and O–H groups in total. The third-order valence-corrected chi connectivity index (χ3v) is 4.62. The average molecular weight is 375 g/mol. The van der Waals surface area contributed by atoms with Crippen LogP contribution in [0.4, 0.5) is 0 Å². The summed E-state index contributed by atoms with van der Waals surface area (Å²) in [6.45, 7) is 0. The molecule has 0 aliphatic rings. The van der Waals surface area contributed by atoms with Crippen molar-refractivity contribution in [3.8, 4) is 6.07 Å². The molecule has 0 radical (unpaired) electrons. The molecule has 0 saturated heterocycles. The minimum atomic E-state index is -0.265. The zero-order chi connectivity index (χ0) is 18.6. The van der Waals surface area contributed by atoms with E-state index in [1.807, 2.05) is 48.6 Å². The van der Waals surface area contributed by atoms with E-state index in [2.05, 4.69) is 25.3 Å². The van der Waals surface area contributed by atoms with E-state index in [1.54, 1.807) is 0 Å². The lowest BCUT2D eigenvalue weighted by atomic mass is 10.2. The van der Waals surface area contributed by atoms with Crippen LogP contribution in [0.3, 0.4) is 0 Å². The zero-order valence-corrected chi connectivity index (χ0v) is 14.8. The first kappa shape index (κ1) is 16.8. The van der Waals surface area contributed by atoms with Gasteiger partial charge in [-0.1, -0.05) is 48.2 Å². The molecular weight excluding hydrogens is 362 g/mol. The normalized spacial score (nSPS) is 11.2. The van der Waals surface area contributed by atoms with Crippen molar-refractivity contribution >= 4 is 29.6 Å². The fourth-order valence-corrected chi connectivity index (χ4v) is 3.16. The summed E-state index contributed by atoms with van der Waals surface area (Å²) in [5, 5.41) is 19.4. The topological polar surface area (TPSA) is 116 Å². The number of rotatable bonds is 5. The predicted molar refractivity (Wildman–Crippen MR) is 102 cm³/mol. The van der Waals surface area contributed by atoms with E-state index in [0.29, 0.717) is 33.6 Å². The number of fused-ring (bicyclic) bond motifs is 1. The Labute approximate surface area is 157 Å². The number of benzene rings is 1. The number of hydrogen-bond donors (Lipinski definition) is 2. The van der Waals surface area contributed by atoms with Crippen LogP contribution in [0.15, 0.2) is 52.5 Å². The maximum absolute atomic E-state index is 12.1. The summed E-state index contributed by atoms with van der Waals surface area (Å²) < 4.78 is 1.24. The molecule has 3 heterocycles. The zero-order valence-electron chi connectivity index (χ0n) is 14.0. The number of nitrogens with one attached hydrogen (secondary N) is 2. The molecule has 27 heavy (non-hydrogen) atoms. The summed E-state index contributed by atoms with van der Waals surface area (Å²) in [4.78, 5) is 20.9. The Morgan fingerprint density at radius 2 is 2.07 bits per heavy atom. The number of H-pyrrole nitrogens is 2. The van der Waals surface area contributed by atoms with Gasteiger partial charge in [0.05, 0.1) is 5.69 Å². The SMILES string of the molecule is N#Cc1c[nH]n2c(=O)cc(CSc3n[nH]c(/C=C/c4ccccc4)n3)nc12. The maximum atomic E-state index is 12.1. The molecular formula is C18H13N7OS. The number of hydrogen-bond acceptors (Lipinski definition) is 6. The van der Waals surface area contributed by atoms with Gasteiger partial charge in [0.1, 0.15) is 17.5 Å². The summed E-state index contributed by atoms with van der Waals surface area (Å²) in [7, 11) is 0. The maximum Gasteiger partial charge on any atom is 0.272 e. The van der Waals surface area contributed by atoms with Gasteiger partial charge >= 0.3 is 0 Å². The summed E-state index contributed by atoms with van der Waals surface area (Å²) in [5.41, 5.74) is 2.01. The smallest absolute Gasteiger partial charge is 0.272 e. The lowest BCUT2D eigenvalue weighted by molar-refractivity contribution is 0.887. The summed E-state index contributed by atoms with van der Waals surface area (Å²) in [5.74, 6) is 1.06. The first-order valence-corrected chi connectivity index (χ1v) is 9.00. The van der Waals surface area contributed by atoms with E-state index < -0.39 is 0 Å². The second-order valence-electron chi connectivity index (χ2n) is 5.58. The minimum Gasteiger partial charge on any atom is -0.295 e. The molecule has 4 rings (SSSR count). The molecule has 0 aliphatic carbocycles. The van der Waals surface area contributed by atoms with Crippen LogP contribution >= 0.6 is 11.8 Å². The molecule has 0 spiro atoms. The standard InChI is InChI=1S/C18H13N7OS/c19-9-13-10-20-25-16(26)8-14(21-17(13)25)11-27-18-22-15(23-24-18)7-6-12-4-2-1-3-5-12/h1-8,10,20H,11H2,(H,22,23,24)/b7-6+. The van der Waals surface area contributed by atoms with Gasteiger partial charge in [-0.05, 0) is 11.6 Å². The highest BCUT2D eigenvalue weighted by Gasteiger charge is 2.10. The molecule has 0 unspecified atom stereocenters. The van der Waals surface area contributed by atoms with Gasteiger partial charge < -0.3 is 0 Å². The highest BCUT2D eigenvalue weighted by molar-refractivity contribution is 7.98. The molecule has 132 valence electrons. The second-order valence-corrected chi connectivity index (χ2v) is 6.52. The Kier molecular flexibility index (Phi) is 4.55. The predicted octanol–water partition coefficient (Wildman–Crippen LogP) is 2.48. The van der Waals surface area contributed by atoms with Gasteiger partial charge in [-0.15, -0.1) is 5.10 Å². The summed E-state index contributed by atoms with van der Waals surface area (Å²) in [6, 6.07) is 13.3. The summed E-state index contributed by atoms with van der Waals surface area (Å²) >= 11 is 1.36. The van der Waals surface area contributed by atoms with E-state index in [0.717, 1.165) is 5.56 Å². The van der Waals surface area contributed by atoms with Crippen molar-refractivity contribution in [3.05, 3.63) is 75.6 Å². The Morgan fingerprint density at radius 1 is 1.22 bits per heavy atom. The van der Waals surface area contributed by atoms with Gasteiger partial charge in [-0.25, -0.2) is 14.5 Å². The van der Waals surface area contributed by atoms with Crippen molar-refractivity contribution in [2.45, 2.75) is 10.9 Å². The third-order valence-electron chi connectivity index (χ3n) is 3.74. The highest BCUT2D eigenvalue weighted by atomic mass is 32.2. The average Bonchev–Trinajstić information content (AvgIpc) is 3.32. The molecule has 0 amide bonds. The molecule has 1 aromatic carbocycles. The van der Waals surface area contributed by atoms with Gasteiger partial charge in [0.25, 0.3) is 5.56 Å². The van der Waals surface area contributed by atoms with Gasteiger partial charge in [-0.3, -0.25) is 15.0 Å². The minimum absolute atomic E-state index is 0.265. The molecule has 0 atom stereocenters. The van der Waals surface area contributed by atoms with E-state index in [4.69, 9.17) is 5.26 Å². The quantitative estimate of drug-likeness (QED) is 0.518. The van der Waals surface area contributed by atoms with Crippen LogP contribution < -0.4 is 5.56 Å². The van der Waals surface area contributed by atoms with Crippen molar-refractivity contribution in [3.63, 3.8) is 0 Å². The van der Waals surface area contributed by atoms with Crippen molar-refractivity contribution in [1.82, 2.24) is 29.8 Å². The van der Waals surface area contributed by atoms with Gasteiger partial charge in [0.2, 0.25) is 5.16 Å². The first-order valence-electron chi connectivity index (χ1n) is 8.01. The van der Waals surface area contributed by atoms with Gasteiger partial charge in [0.15, 0.2) is 5.65 Å². The highest BCUT2D eigenvalue weighted by Crippen LogP contribution is 2.18. The van der Waals surface area contributed by atoms with Crippen LogP contribution in [-0.4, -0.2) is 29.8 Å². The van der Waals surface area contributed by atoms with Gasteiger partial charge in [-0.2, -0.15) is 5.26 Å². The lowest BCUT2D eigenvalue weighted by Gasteiger charge is -1.99. The fourth-order valence-electron chi connectivity index (χ4n) is 2.46. The molecule has 9 heteroatoms. The molecule has 0 fully saturated rings. The van der Waals surface area contributed by atoms with Crippen LogP contribution in [0.25, 0.3) is 17.8 Å². The van der Waals surface area contributed by atoms with Crippen molar-refractivity contribution < 1.29 is 0 Å². The van der Waals surface area contributed by atoms with Crippen LogP contribution in [0.5, 0.6) is 0 Å². The van der Waals surface area contributed by atoms with E-state index >= 15 is 0 Å². The number of nitrogens with zero attached hydrogens (tertiary/aromatic N) is 5. The third kappa shape index (κ3) is 3.65. The van der Waals surface area contributed by atoms with E-state index in [9.17, 15) is 4.79 Å². The van der Waals surface area contributed by atoms with Crippen molar-refractivity contribution in [2.75, 3.05) is 0 Å². The van der Waals surface area contributed by atoms with Crippen LogP contribution in [-0.2, 0) is 5.75 Å². The Morgan fingerprint density at radius 3 is 2.89 bits per heavy atom. The number of aromatic amines is 2. The largest absolute Gasteiger partial charge is 0.295 e. The molecule has 4 aromatic rings. The molecule has 0 saturated carbocycles. The van der Waals surface area contributed by atoms with Crippen LogP contribution in [0.1, 0.15) is 22.6 Å². The molecule has 0 aliphatic heterocycles. The van der Waals surface area contributed by atoms with E-state index in [1.165, 1.54) is 28.5 Å². The summed E-state index contributed by atoms with van der Waals surface area (Å²) in [6.07, 6.45) is 5.25. The molecule has 0 bridgehead atoms. The van der Waals surface area contributed by atoms with Crippen molar-refractivity contribution in [2.24, 2.45) is 0 Å². The lowest BCUT2D eigenvalue weighted by Crippen LogP contribution is -2.15.